The van der Waals surface area contributed by atoms with Crippen molar-refractivity contribution >= 4 is 5.91 Å². The maximum Gasteiger partial charge on any atom is 0.253 e. The molecule has 1 aromatic heterocycles. The van der Waals surface area contributed by atoms with Crippen LogP contribution < -0.4 is 4.74 Å². The van der Waals surface area contributed by atoms with Gasteiger partial charge in [0.15, 0.2) is 5.82 Å². The van der Waals surface area contributed by atoms with Gasteiger partial charge in [0.2, 0.25) is 5.88 Å². The Morgan fingerprint density at radius 2 is 2.11 bits per heavy atom. The van der Waals surface area contributed by atoms with E-state index >= 15 is 0 Å². The minimum atomic E-state index is 0.0709. The highest BCUT2D eigenvalue weighted by Crippen LogP contribution is 2.21. The van der Waals surface area contributed by atoms with Crippen molar-refractivity contribution in [2.75, 3.05) is 26.7 Å². The second-order valence-corrected chi connectivity index (χ2v) is 7.15. The normalized spacial score (nSPS) is 18.0. The van der Waals surface area contributed by atoms with Crippen molar-refractivity contribution in [1.29, 1.82) is 0 Å². The molecule has 27 heavy (non-hydrogen) atoms. The van der Waals surface area contributed by atoms with Gasteiger partial charge in [-0.3, -0.25) is 9.69 Å². The smallest absolute Gasteiger partial charge is 0.253 e. The average Bonchev–Trinajstić information content (AvgIpc) is 2.72. The largest absolute Gasteiger partial charge is 0.481 e. The van der Waals surface area contributed by atoms with Crippen molar-refractivity contribution in [3.63, 3.8) is 0 Å². The standard InChI is InChI=1S/C21H28N4O2/c1-5-18-14-24(11-12-25(18)15(2)3)21(26)17-8-6-7-16(13-17)20-22-10-9-19(23-20)27-4/h6-10,13,15,18H,5,11-12,14H2,1-4H3. The van der Waals surface area contributed by atoms with E-state index in [9.17, 15) is 4.79 Å². The molecule has 1 atom stereocenters. The Morgan fingerprint density at radius 1 is 1.30 bits per heavy atom. The van der Waals surface area contributed by atoms with E-state index in [1.165, 1.54) is 0 Å². The molecule has 1 saturated heterocycles. The molecule has 1 aromatic carbocycles. The predicted octanol–water partition coefficient (Wildman–Crippen LogP) is 3.10. The highest BCUT2D eigenvalue weighted by Gasteiger charge is 2.30. The summed E-state index contributed by atoms with van der Waals surface area (Å²) in [4.78, 5) is 26.2. The number of hydrogen-bond acceptors (Lipinski definition) is 5. The van der Waals surface area contributed by atoms with Crippen LogP contribution in [0, 0.1) is 0 Å². The summed E-state index contributed by atoms with van der Waals surface area (Å²) in [6.45, 7) is 9.08. The predicted molar refractivity (Wildman–Crippen MR) is 106 cm³/mol. The van der Waals surface area contributed by atoms with Crippen LogP contribution in [0.5, 0.6) is 5.88 Å². The van der Waals surface area contributed by atoms with Gasteiger partial charge in [-0.25, -0.2) is 4.98 Å². The van der Waals surface area contributed by atoms with E-state index in [1.807, 2.05) is 29.2 Å². The number of carbonyl (C=O) groups is 1. The number of nitrogens with zero attached hydrogens (tertiary/aromatic N) is 4. The maximum absolute atomic E-state index is 13.1. The minimum Gasteiger partial charge on any atom is -0.481 e. The van der Waals surface area contributed by atoms with Gasteiger partial charge >= 0.3 is 0 Å². The summed E-state index contributed by atoms with van der Waals surface area (Å²) in [7, 11) is 1.58. The zero-order valence-corrected chi connectivity index (χ0v) is 16.6. The van der Waals surface area contributed by atoms with Gasteiger partial charge in [-0.1, -0.05) is 19.1 Å². The molecule has 1 aliphatic rings. The Bertz CT molecular complexity index is 793. The van der Waals surface area contributed by atoms with Crippen molar-refractivity contribution in [3.8, 4) is 17.3 Å². The summed E-state index contributed by atoms with van der Waals surface area (Å²) in [5.74, 6) is 1.13. The Morgan fingerprint density at radius 3 is 2.81 bits per heavy atom. The van der Waals surface area contributed by atoms with Crippen LogP contribution in [0.1, 0.15) is 37.6 Å². The van der Waals surface area contributed by atoms with Gasteiger partial charge in [0, 0.05) is 55.1 Å². The van der Waals surface area contributed by atoms with E-state index < -0.39 is 0 Å². The first kappa shape index (κ1) is 19.3. The number of piperazine rings is 1. The van der Waals surface area contributed by atoms with Gasteiger partial charge in [-0.15, -0.1) is 0 Å². The number of benzene rings is 1. The summed E-state index contributed by atoms with van der Waals surface area (Å²) >= 11 is 0. The van der Waals surface area contributed by atoms with Crippen LogP contribution in [-0.2, 0) is 0 Å². The van der Waals surface area contributed by atoms with E-state index in [4.69, 9.17) is 4.74 Å². The number of amides is 1. The Labute approximate surface area is 161 Å². The molecular weight excluding hydrogens is 340 g/mol. The molecule has 0 aliphatic carbocycles. The Hall–Kier alpha value is -2.47. The summed E-state index contributed by atoms with van der Waals surface area (Å²) in [5.41, 5.74) is 1.49. The van der Waals surface area contributed by atoms with Crippen molar-refractivity contribution < 1.29 is 9.53 Å². The third-order valence-electron chi connectivity index (χ3n) is 5.16. The molecule has 2 heterocycles. The second kappa shape index (κ2) is 8.48. The number of rotatable bonds is 5. The zero-order valence-electron chi connectivity index (χ0n) is 16.6. The molecule has 0 saturated carbocycles. The van der Waals surface area contributed by atoms with Crippen LogP contribution in [0.2, 0.25) is 0 Å². The molecule has 1 unspecified atom stereocenters. The molecule has 6 nitrogen and oxygen atoms in total. The highest BCUT2D eigenvalue weighted by molar-refractivity contribution is 5.95. The molecule has 1 fully saturated rings. The fraction of sp³-hybridized carbons (Fsp3) is 0.476. The van der Waals surface area contributed by atoms with Crippen LogP contribution in [0.3, 0.4) is 0 Å². The van der Waals surface area contributed by atoms with Crippen molar-refractivity contribution in [3.05, 3.63) is 42.1 Å². The molecular formula is C21H28N4O2. The van der Waals surface area contributed by atoms with Gasteiger partial charge < -0.3 is 9.64 Å². The first-order valence-corrected chi connectivity index (χ1v) is 9.56. The number of methoxy groups -OCH3 is 1. The van der Waals surface area contributed by atoms with E-state index in [1.54, 1.807) is 19.4 Å². The lowest BCUT2D eigenvalue weighted by molar-refractivity contribution is 0.0371. The average molecular weight is 368 g/mol. The Kier molecular flexibility index (Phi) is 6.06. The lowest BCUT2D eigenvalue weighted by atomic mass is 10.0. The third kappa shape index (κ3) is 4.27. The molecule has 1 amide bonds. The van der Waals surface area contributed by atoms with Crippen molar-refractivity contribution in [1.82, 2.24) is 19.8 Å². The van der Waals surface area contributed by atoms with Gasteiger partial charge in [0.25, 0.3) is 5.91 Å². The number of aromatic nitrogens is 2. The molecule has 1 aliphatic heterocycles. The van der Waals surface area contributed by atoms with Gasteiger partial charge in [0.1, 0.15) is 0 Å². The molecule has 6 heteroatoms. The van der Waals surface area contributed by atoms with Crippen LogP contribution in [0.4, 0.5) is 0 Å². The van der Waals surface area contributed by atoms with E-state index in [0.29, 0.717) is 29.4 Å². The lowest BCUT2D eigenvalue weighted by Gasteiger charge is -2.43. The fourth-order valence-corrected chi connectivity index (χ4v) is 3.67. The molecule has 0 spiro atoms. The van der Waals surface area contributed by atoms with Crippen LogP contribution in [0.15, 0.2) is 36.5 Å². The van der Waals surface area contributed by atoms with E-state index in [0.717, 1.165) is 31.6 Å². The third-order valence-corrected chi connectivity index (χ3v) is 5.16. The molecule has 144 valence electrons. The molecule has 0 radical (unpaired) electrons. The van der Waals surface area contributed by atoms with Gasteiger partial charge in [-0.2, -0.15) is 4.98 Å². The fourth-order valence-electron chi connectivity index (χ4n) is 3.67. The zero-order chi connectivity index (χ0) is 19.4. The van der Waals surface area contributed by atoms with E-state index in [-0.39, 0.29) is 5.91 Å². The highest BCUT2D eigenvalue weighted by atomic mass is 16.5. The molecule has 0 bridgehead atoms. The number of carbonyl (C=O) groups excluding carboxylic acids is 1. The monoisotopic (exact) mass is 368 g/mol. The molecule has 0 N–H and O–H groups in total. The number of hydrogen-bond donors (Lipinski definition) is 0. The van der Waals surface area contributed by atoms with E-state index in [2.05, 4.69) is 35.6 Å². The maximum atomic E-state index is 13.1. The quantitative estimate of drug-likeness (QED) is 0.812. The topological polar surface area (TPSA) is 58.6 Å². The van der Waals surface area contributed by atoms with Crippen molar-refractivity contribution in [2.24, 2.45) is 0 Å². The van der Waals surface area contributed by atoms with Crippen LogP contribution in [-0.4, -0.2) is 64.5 Å². The lowest BCUT2D eigenvalue weighted by Crippen LogP contribution is -2.56. The number of ether oxygens (including phenoxy) is 1. The summed E-state index contributed by atoms with van der Waals surface area (Å²) in [5, 5.41) is 0. The van der Waals surface area contributed by atoms with Crippen LogP contribution >= 0.6 is 0 Å². The van der Waals surface area contributed by atoms with Crippen molar-refractivity contribution in [2.45, 2.75) is 39.3 Å². The molecule has 3 rings (SSSR count). The second-order valence-electron chi connectivity index (χ2n) is 7.15. The van der Waals surface area contributed by atoms with Gasteiger partial charge in [-0.05, 0) is 32.4 Å². The summed E-state index contributed by atoms with van der Waals surface area (Å²) < 4.78 is 5.17. The van der Waals surface area contributed by atoms with Gasteiger partial charge in [0.05, 0.1) is 7.11 Å². The summed E-state index contributed by atoms with van der Waals surface area (Å²) in [6, 6.07) is 10.1. The first-order valence-electron chi connectivity index (χ1n) is 9.56. The SMILES string of the molecule is CCC1CN(C(=O)c2cccc(-c3nccc(OC)n3)c2)CCN1C(C)C. The van der Waals surface area contributed by atoms with Crippen LogP contribution in [0.25, 0.3) is 11.4 Å². The first-order chi connectivity index (χ1) is 13.0. The Balaban J connectivity index is 1.79. The summed E-state index contributed by atoms with van der Waals surface area (Å²) in [6.07, 6.45) is 2.70. The minimum absolute atomic E-state index is 0.0709. The molecule has 2 aromatic rings.